The summed E-state index contributed by atoms with van der Waals surface area (Å²) in [7, 11) is -2.17. The van der Waals surface area contributed by atoms with E-state index in [2.05, 4.69) is 23.7 Å². The van der Waals surface area contributed by atoms with E-state index >= 15 is 0 Å². The zero-order chi connectivity index (χ0) is 21.5. The van der Waals surface area contributed by atoms with Crippen LogP contribution in [-0.4, -0.2) is 53.8 Å². The van der Waals surface area contributed by atoms with E-state index in [0.29, 0.717) is 49.1 Å². The Labute approximate surface area is 176 Å². The number of benzene rings is 1. The highest BCUT2D eigenvalue weighted by molar-refractivity contribution is 7.89. The summed E-state index contributed by atoms with van der Waals surface area (Å²) in [6.07, 6.45) is 2.06. The lowest BCUT2D eigenvalue weighted by Crippen LogP contribution is -2.40. The number of ether oxygens (including phenoxy) is 1. The average Bonchev–Trinajstić information content (AvgIpc) is 3.24. The fourth-order valence-electron chi connectivity index (χ4n) is 4.25. The van der Waals surface area contributed by atoms with Gasteiger partial charge in [0.25, 0.3) is 5.56 Å². The summed E-state index contributed by atoms with van der Waals surface area (Å²) in [4.78, 5) is 22.9. The van der Waals surface area contributed by atoms with Crippen molar-refractivity contribution in [1.82, 2.24) is 19.2 Å². The summed E-state index contributed by atoms with van der Waals surface area (Å²) < 4.78 is 33.1. The Morgan fingerprint density at radius 2 is 1.93 bits per heavy atom. The summed E-state index contributed by atoms with van der Waals surface area (Å²) >= 11 is 0. The molecule has 2 aliphatic heterocycles. The third kappa shape index (κ3) is 3.77. The number of nitrogens with one attached hydrogen (secondary N) is 1. The van der Waals surface area contributed by atoms with Crippen LogP contribution in [0.15, 0.2) is 34.0 Å². The van der Waals surface area contributed by atoms with Crippen LogP contribution in [0.25, 0.3) is 0 Å². The van der Waals surface area contributed by atoms with Crippen molar-refractivity contribution in [2.24, 2.45) is 0 Å². The van der Waals surface area contributed by atoms with Crippen LogP contribution in [0.4, 0.5) is 0 Å². The maximum Gasteiger partial charge on any atom is 0.255 e. The molecule has 0 aliphatic carbocycles. The minimum absolute atomic E-state index is 0.158. The van der Waals surface area contributed by atoms with Gasteiger partial charge in [-0.05, 0) is 51.0 Å². The van der Waals surface area contributed by atoms with Gasteiger partial charge in [0, 0.05) is 32.1 Å². The Morgan fingerprint density at radius 1 is 1.20 bits per heavy atom. The Hall–Kier alpha value is -2.23. The molecular formula is C21H28N4O4S. The number of hydrogen-bond acceptors (Lipinski definition) is 6. The second-order valence-electron chi connectivity index (χ2n) is 8.14. The van der Waals surface area contributed by atoms with Crippen molar-refractivity contribution in [3.8, 4) is 5.75 Å². The van der Waals surface area contributed by atoms with E-state index in [9.17, 15) is 13.2 Å². The second kappa shape index (κ2) is 8.13. The van der Waals surface area contributed by atoms with Gasteiger partial charge in [0.05, 0.1) is 29.3 Å². The van der Waals surface area contributed by atoms with Gasteiger partial charge in [-0.3, -0.25) is 9.69 Å². The Bertz CT molecular complexity index is 1080. The van der Waals surface area contributed by atoms with Crippen molar-refractivity contribution in [3.63, 3.8) is 0 Å². The molecule has 1 atom stereocenters. The van der Waals surface area contributed by atoms with Crippen molar-refractivity contribution in [3.05, 3.63) is 51.7 Å². The summed E-state index contributed by atoms with van der Waals surface area (Å²) in [5.41, 5.74) is 1.33. The molecule has 0 bridgehead atoms. The number of nitrogens with zero attached hydrogens (tertiary/aromatic N) is 3. The lowest BCUT2D eigenvalue weighted by Gasteiger charge is -2.31. The van der Waals surface area contributed by atoms with Gasteiger partial charge in [-0.25, -0.2) is 13.4 Å². The highest BCUT2D eigenvalue weighted by Crippen LogP contribution is 2.35. The van der Waals surface area contributed by atoms with E-state index in [-0.39, 0.29) is 10.5 Å². The molecule has 1 aromatic carbocycles. The van der Waals surface area contributed by atoms with Gasteiger partial charge < -0.3 is 9.72 Å². The molecular weight excluding hydrogens is 404 g/mol. The number of rotatable bonds is 5. The van der Waals surface area contributed by atoms with E-state index in [0.717, 1.165) is 18.7 Å². The SMILES string of the molecule is COc1ccc(S(=O)(=O)N2CCCC2c2nc3c(c(=O)[nH]2)CN(C(C)C)CC3)cc1. The minimum atomic E-state index is -3.71. The molecule has 1 unspecified atom stereocenters. The van der Waals surface area contributed by atoms with Crippen LogP contribution in [0.1, 0.15) is 49.8 Å². The molecule has 4 rings (SSSR count). The maximum absolute atomic E-state index is 13.3. The number of hydrogen-bond donors (Lipinski definition) is 1. The van der Waals surface area contributed by atoms with Crippen LogP contribution in [0.2, 0.25) is 0 Å². The molecule has 162 valence electrons. The minimum Gasteiger partial charge on any atom is -0.497 e. The summed E-state index contributed by atoms with van der Waals surface area (Å²) in [5.74, 6) is 1.05. The van der Waals surface area contributed by atoms with Crippen LogP contribution >= 0.6 is 0 Å². The first-order chi connectivity index (χ1) is 14.3. The standard InChI is InChI=1S/C21H28N4O4S/c1-14(2)24-12-10-18-17(13-24)21(26)23-20(22-18)19-5-4-11-25(19)30(27,28)16-8-6-15(29-3)7-9-16/h6-9,14,19H,4-5,10-13H2,1-3H3,(H,22,23,26). The number of H-pyrrole nitrogens is 1. The Kier molecular flexibility index (Phi) is 5.69. The predicted octanol–water partition coefficient (Wildman–Crippen LogP) is 2.07. The normalized spacial score (nSPS) is 20.5. The molecule has 0 spiro atoms. The molecule has 2 aromatic rings. The maximum atomic E-state index is 13.3. The third-order valence-corrected chi connectivity index (χ3v) is 7.95. The molecule has 1 aromatic heterocycles. The number of methoxy groups -OCH3 is 1. The van der Waals surface area contributed by atoms with Gasteiger partial charge >= 0.3 is 0 Å². The van der Waals surface area contributed by atoms with Crippen LogP contribution in [-0.2, 0) is 23.0 Å². The molecule has 0 radical (unpaired) electrons. The number of aromatic amines is 1. The number of sulfonamides is 1. The summed E-state index contributed by atoms with van der Waals surface area (Å²) in [6.45, 7) is 6.05. The topological polar surface area (TPSA) is 95.6 Å². The molecule has 2 aliphatic rings. The quantitative estimate of drug-likeness (QED) is 0.777. The Balaban J connectivity index is 1.65. The van der Waals surface area contributed by atoms with Crippen LogP contribution in [0, 0.1) is 0 Å². The zero-order valence-electron chi connectivity index (χ0n) is 17.6. The molecule has 1 N–H and O–H groups in total. The smallest absolute Gasteiger partial charge is 0.255 e. The van der Waals surface area contributed by atoms with Gasteiger partial charge in [-0.15, -0.1) is 0 Å². The van der Waals surface area contributed by atoms with Crippen molar-refractivity contribution in [2.75, 3.05) is 20.2 Å². The van der Waals surface area contributed by atoms with Crippen molar-refractivity contribution in [2.45, 2.75) is 56.6 Å². The molecule has 1 saturated heterocycles. The van der Waals surface area contributed by atoms with Gasteiger partial charge in [0.1, 0.15) is 11.6 Å². The number of fused-ring (bicyclic) bond motifs is 1. The highest BCUT2D eigenvalue weighted by atomic mass is 32.2. The second-order valence-corrected chi connectivity index (χ2v) is 10.0. The summed E-state index contributed by atoms with van der Waals surface area (Å²) in [6, 6.07) is 6.27. The number of aromatic nitrogens is 2. The first-order valence-electron chi connectivity index (χ1n) is 10.3. The fraction of sp³-hybridized carbons (Fsp3) is 0.524. The molecule has 9 heteroatoms. The van der Waals surface area contributed by atoms with Crippen LogP contribution in [0.5, 0.6) is 5.75 Å². The fourth-order valence-corrected chi connectivity index (χ4v) is 5.91. The lowest BCUT2D eigenvalue weighted by molar-refractivity contribution is 0.200. The Morgan fingerprint density at radius 3 is 2.60 bits per heavy atom. The molecule has 3 heterocycles. The van der Waals surface area contributed by atoms with Crippen LogP contribution in [0.3, 0.4) is 0 Å². The zero-order valence-corrected chi connectivity index (χ0v) is 18.4. The summed E-state index contributed by atoms with van der Waals surface area (Å²) in [5, 5.41) is 0. The largest absolute Gasteiger partial charge is 0.497 e. The van der Waals surface area contributed by atoms with Gasteiger partial charge in [0.2, 0.25) is 10.0 Å². The van der Waals surface area contributed by atoms with E-state index in [1.165, 1.54) is 4.31 Å². The van der Waals surface area contributed by atoms with Gasteiger partial charge in [-0.2, -0.15) is 4.31 Å². The monoisotopic (exact) mass is 432 g/mol. The van der Waals surface area contributed by atoms with E-state index in [1.54, 1.807) is 31.4 Å². The van der Waals surface area contributed by atoms with Crippen molar-refractivity contribution in [1.29, 1.82) is 0 Å². The molecule has 1 fully saturated rings. The van der Waals surface area contributed by atoms with Crippen LogP contribution < -0.4 is 10.3 Å². The first-order valence-corrected chi connectivity index (χ1v) is 11.8. The predicted molar refractivity (Wildman–Crippen MR) is 113 cm³/mol. The van der Waals surface area contributed by atoms with Gasteiger partial charge in [-0.1, -0.05) is 0 Å². The molecule has 8 nitrogen and oxygen atoms in total. The van der Waals surface area contributed by atoms with E-state index < -0.39 is 16.1 Å². The first kappa shape index (κ1) is 21.0. The van der Waals surface area contributed by atoms with Crippen molar-refractivity contribution < 1.29 is 13.2 Å². The van der Waals surface area contributed by atoms with E-state index in [1.807, 2.05) is 0 Å². The van der Waals surface area contributed by atoms with Gasteiger partial charge in [0.15, 0.2) is 0 Å². The third-order valence-electron chi connectivity index (χ3n) is 6.03. The van der Waals surface area contributed by atoms with Crippen molar-refractivity contribution >= 4 is 10.0 Å². The lowest BCUT2D eigenvalue weighted by atomic mass is 10.0. The average molecular weight is 433 g/mol. The molecule has 30 heavy (non-hydrogen) atoms. The highest BCUT2D eigenvalue weighted by Gasteiger charge is 2.38. The van der Waals surface area contributed by atoms with E-state index in [4.69, 9.17) is 9.72 Å². The molecule has 0 saturated carbocycles. The molecule has 0 amide bonds.